The van der Waals surface area contributed by atoms with Crippen molar-refractivity contribution in [2.45, 2.75) is 50.1 Å². The fraction of sp³-hybridized carbons (Fsp3) is 0.222. The molecule has 4 aromatic rings. The molecule has 0 amide bonds. The van der Waals surface area contributed by atoms with Gasteiger partial charge in [-0.25, -0.2) is 0 Å². The van der Waals surface area contributed by atoms with Crippen LogP contribution in [-0.4, -0.2) is 5.16 Å². The van der Waals surface area contributed by atoms with Crippen molar-refractivity contribution >= 4 is 15.8 Å². The Morgan fingerprint density at radius 1 is 0.553 bits per heavy atom. The van der Waals surface area contributed by atoms with Gasteiger partial charge in [-0.15, -0.1) is 0 Å². The van der Waals surface area contributed by atoms with E-state index >= 15 is 0 Å². The molecule has 1 unspecified atom stereocenters. The van der Waals surface area contributed by atoms with E-state index in [9.17, 15) is 0 Å². The second kappa shape index (κ2) is 9.75. The van der Waals surface area contributed by atoms with Crippen molar-refractivity contribution in [3.8, 4) is 22.3 Å². The lowest BCUT2D eigenvalue weighted by atomic mass is 9.93. The first-order valence-electron chi connectivity index (χ1n) is 13.8. The first kappa shape index (κ1) is 24.3. The van der Waals surface area contributed by atoms with E-state index in [0.717, 1.165) is 0 Å². The van der Waals surface area contributed by atoms with E-state index in [-0.39, 0.29) is 21.0 Å². The lowest BCUT2D eigenvalue weighted by molar-refractivity contribution is 0.722. The van der Waals surface area contributed by atoms with Crippen LogP contribution in [0.15, 0.2) is 120 Å². The standard InChI is InChI=1S/C36H34P2/c1-26-21-31(37-22-27-11-3-7-15-32(27)33-16-8-4-12-28(33)23-37)19-20-36(26,2)38-24-29-13-5-9-17-34(29)35-18-10-6-14-30(35)25-38/h3-19,21H,20,22-25H2,1-2H3. The summed E-state index contributed by atoms with van der Waals surface area (Å²) < 4.78 is 0. The van der Waals surface area contributed by atoms with Gasteiger partial charge in [0.25, 0.3) is 0 Å². The Hall–Kier alpha value is -2.78. The zero-order valence-electron chi connectivity index (χ0n) is 22.3. The molecule has 2 heterocycles. The van der Waals surface area contributed by atoms with Crippen LogP contribution in [0.3, 0.4) is 0 Å². The maximum absolute atomic E-state index is 2.65. The summed E-state index contributed by atoms with van der Waals surface area (Å²) >= 11 is 0. The number of fused-ring (bicyclic) bond motifs is 6. The summed E-state index contributed by atoms with van der Waals surface area (Å²) in [6.07, 6.45) is 11.2. The largest absolute Gasteiger partial charge is 0.0871 e. The summed E-state index contributed by atoms with van der Waals surface area (Å²) in [5, 5.41) is 1.85. The Labute approximate surface area is 230 Å². The predicted octanol–water partition coefficient (Wildman–Crippen LogP) is 10.7. The summed E-state index contributed by atoms with van der Waals surface area (Å²) in [5.41, 5.74) is 13.5. The highest BCUT2D eigenvalue weighted by Gasteiger charge is 2.39. The molecule has 4 aromatic carbocycles. The van der Waals surface area contributed by atoms with E-state index < -0.39 is 0 Å². The number of hydrogen-bond acceptors (Lipinski definition) is 0. The number of rotatable bonds is 2. The first-order chi connectivity index (χ1) is 18.6. The predicted molar refractivity (Wildman–Crippen MR) is 167 cm³/mol. The van der Waals surface area contributed by atoms with Crippen molar-refractivity contribution < 1.29 is 0 Å². The highest BCUT2D eigenvalue weighted by Crippen LogP contribution is 2.65. The van der Waals surface area contributed by atoms with Gasteiger partial charge in [0.1, 0.15) is 0 Å². The van der Waals surface area contributed by atoms with Gasteiger partial charge >= 0.3 is 0 Å². The fourth-order valence-corrected chi connectivity index (χ4v) is 12.3. The van der Waals surface area contributed by atoms with Gasteiger partial charge in [-0.2, -0.15) is 0 Å². The third kappa shape index (κ3) is 4.14. The maximum Gasteiger partial charge on any atom is 0.0126 e. The molecule has 0 bridgehead atoms. The van der Waals surface area contributed by atoms with E-state index in [4.69, 9.17) is 0 Å². The lowest BCUT2D eigenvalue weighted by Gasteiger charge is -2.42. The minimum Gasteiger partial charge on any atom is -0.0871 e. The molecule has 2 aliphatic heterocycles. The van der Waals surface area contributed by atoms with Crippen molar-refractivity contribution in [2.75, 3.05) is 0 Å². The van der Waals surface area contributed by atoms with Crippen molar-refractivity contribution in [3.63, 3.8) is 0 Å². The Balaban J connectivity index is 1.22. The van der Waals surface area contributed by atoms with Crippen LogP contribution in [-0.2, 0) is 24.6 Å². The van der Waals surface area contributed by atoms with Gasteiger partial charge in [0.05, 0.1) is 0 Å². The van der Waals surface area contributed by atoms with E-state index in [1.54, 1.807) is 10.9 Å². The van der Waals surface area contributed by atoms with E-state index in [1.807, 2.05) is 0 Å². The molecular formula is C36H34P2. The van der Waals surface area contributed by atoms with Crippen LogP contribution in [0.4, 0.5) is 0 Å². The average molecular weight is 529 g/mol. The van der Waals surface area contributed by atoms with Crippen molar-refractivity contribution in [1.29, 1.82) is 0 Å². The molecule has 0 saturated heterocycles. The van der Waals surface area contributed by atoms with Gasteiger partial charge in [-0.1, -0.05) is 138 Å². The molecule has 0 N–H and O–H groups in total. The fourth-order valence-electron chi connectivity index (χ4n) is 6.65. The first-order valence-corrected chi connectivity index (χ1v) is 17.2. The zero-order valence-corrected chi connectivity index (χ0v) is 24.1. The minimum absolute atomic E-state index is 0.237. The SMILES string of the molecule is CC1=CC(P2Cc3ccccc3-c3ccccc3C2)=CCC1(C)P1Cc2ccccc2-c2ccccc2C1. The minimum atomic E-state index is -0.273. The Kier molecular flexibility index (Phi) is 6.23. The smallest absolute Gasteiger partial charge is 0.0126 e. The van der Waals surface area contributed by atoms with Crippen LogP contribution in [0.2, 0.25) is 0 Å². The van der Waals surface area contributed by atoms with Gasteiger partial charge in [-0.3, -0.25) is 0 Å². The van der Waals surface area contributed by atoms with Crippen molar-refractivity contribution in [3.05, 3.63) is 142 Å². The molecule has 1 aliphatic carbocycles. The summed E-state index contributed by atoms with van der Waals surface area (Å²) in [6, 6.07) is 36.5. The van der Waals surface area contributed by atoms with Crippen molar-refractivity contribution in [1.82, 2.24) is 0 Å². The zero-order chi connectivity index (χ0) is 25.7. The molecule has 0 spiro atoms. The number of allylic oxidation sites excluding steroid dienone is 4. The van der Waals surface area contributed by atoms with Crippen LogP contribution < -0.4 is 0 Å². The quantitative estimate of drug-likeness (QED) is 0.227. The monoisotopic (exact) mass is 528 g/mol. The Morgan fingerprint density at radius 3 is 1.37 bits per heavy atom. The molecule has 0 radical (unpaired) electrons. The van der Waals surface area contributed by atoms with Crippen LogP contribution >= 0.6 is 15.8 Å². The second-order valence-corrected chi connectivity index (χ2v) is 16.2. The summed E-state index contributed by atoms with van der Waals surface area (Å²) in [4.78, 5) is 0. The highest BCUT2D eigenvalue weighted by atomic mass is 31.1. The molecule has 1 atom stereocenters. The normalized spacial score (nSPS) is 21.1. The third-order valence-corrected chi connectivity index (χ3v) is 14.9. The Morgan fingerprint density at radius 2 is 0.947 bits per heavy atom. The molecule has 0 aromatic heterocycles. The molecule has 0 fully saturated rings. The third-order valence-electron chi connectivity index (χ3n) is 9.08. The van der Waals surface area contributed by atoms with Gasteiger partial charge in [-0.05, 0) is 87.8 Å². The second-order valence-electron chi connectivity index (χ2n) is 11.3. The topological polar surface area (TPSA) is 0 Å². The van der Waals surface area contributed by atoms with Crippen molar-refractivity contribution in [2.24, 2.45) is 0 Å². The highest BCUT2D eigenvalue weighted by molar-refractivity contribution is 7.61. The molecule has 3 aliphatic rings. The summed E-state index contributed by atoms with van der Waals surface area (Å²) in [7, 11) is -0.516. The molecule has 0 nitrogen and oxygen atoms in total. The summed E-state index contributed by atoms with van der Waals surface area (Å²) in [6.45, 7) is 5.01. The van der Waals surface area contributed by atoms with Gasteiger partial charge < -0.3 is 0 Å². The maximum atomic E-state index is 2.65. The number of benzene rings is 4. The number of hydrogen-bond donors (Lipinski definition) is 0. The lowest BCUT2D eigenvalue weighted by Crippen LogP contribution is -2.27. The van der Waals surface area contributed by atoms with Crippen LogP contribution in [0, 0.1) is 0 Å². The molecule has 38 heavy (non-hydrogen) atoms. The van der Waals surface area contributed by atoms with Crippen LogP contribution in [0.25, 0.3) is 22.3 Å². The molecule has 188 valence electrons. The van der Waals surface area contributed by atoms with Crippen LogP contribution in [0.1, 0.15) is 42.5 Å². The average Bonchev–Trinajstić information content (AvgIpc) is 3.23. The van der Waals surface area contributed by atoms with E-state index in [0.29, 0.717) is 0 Å². The molecule has 7 rings (SSSR count). The van der Waals surface area contributed by atoms with Gasteiger partial charge in [0.15, 0.2) is 0 Å². The van der Waals surface area contributed by atoms with Crippen LogP contribution in [0.5, 0.6) is 0 Å². The molecular weight excluding hydrogens is 494 g/mol. The Bertz CT molecular complexity index is 1500. The summed E-state index contributed by atoms with van der Waals surface area (Å²) in [5.74, 6) is 0. The van der Waals surface area contributed by atoms with E-state index in [2.05, 4.69) is 123 Å². The van der Waals surface area contributed by atoms with Gasteiger partial charge in [0, 0.05) is 5.16 Å². The van der Waals surface area contributed by atoms with Gasteiger partial charge in [0.2, 0.25) is 0 Å². The molecule has 2 heteroatoms. The van der Waals surface area contributed by atoms with E-state index in [1.165, 1.54) is 75.6 Å². The molecule has 0 saturated carbocycles.